The van der Waals surface area contributed by atoms with Crippen molar-refractivity contribution in [1.82, 2.24) is 10.2 Å². The molecule has 0 atom stereocenters. The number of carbonyl (C=O) groups excluding carboxylic acids is 2. The van der Waals surface area contributed by atoms with Crippen molar-refractivity contribution >= 4 is 74.5 Å². The zero-order valence-electron chi connectivity index (χ0n) is 14.6. The second kappa shape index (κ2) is 8.92. The van der Waals surface area contributed by atoms with Gasteiger partial charge in [-0.15, -0.1) is 10.2 Å². The zero-order chi connectivity index (χ0) is 21.9. The van der Waals surface area contributed by atoms with Crippen LogP contribution < -0.4 is 10.6 Å². The molecule has 0 aliphatic carbocycles. The minimum absolute atomic E-state index is 0.0506. The molecule has 0 spiro atoms. The number of hydrogen-bond acceptors (Lipinski definition) is 7. The fraction of sp³-hybridized carbons (Fsp3) is 0.0588. The molecule has 0 bridgehead atoms. The van der Waals surface area contributed by atoms with Crippen LogP contribution in [-0.2, 0) is 4.79 Å². The molecule has 13 heteroatoms. The Kier molecular flexibility index (Phi) is 6.52. The van der Waals surface area contributed by atoms with Crippen LogP contribution in [0.4, 0.5) is 16.5 Å². The van der Waals surface area contributed by atoms with Gasteiger partial charge >= 0.3 is 0 Å². The summed E-state index contributed by atoms with van der Waals surface area (Å²) in [7, 11) is 0. The predicted octanol–water partition coefficient (Wildman–Crippen LogP) is 4.67. The molecule has 1 aromatic heterocycles. The van der Waals surface area contributed by atoms with Gasteiger partial charge in [-0.1, -0.05) is 58.3 Å². The van der Waals surface area contributed by atoms with Crippen LogP contribution in [0.25, 0.3) is 10.6 Å². The molecule has 3 aromatic rings. The van der Waals surface area contributed by atoms with Gasteiger partial charge in [-0.05, 0) is 24.3 Å². The van der Waals surface area contributed by atoms with E-state index in [0.717, 1.165) is 11.3 Å². The fourth-order valence-electron chi connectivity index (χ4n) is 2.26. The average Bonchev–Trinajstić information content (AvgIpc) is 3.16. The maximum atomic E-state index is 12.6. The van der Waals surface area contributed by atoms with Crippen LogP contribution in [0.5, 0.6) is 0 Å². The first-order valence-electron chi connectivity index (χ1n) is 8.02. The molecule has 2 N–H and O–H groups in total. The largest absolute Gasteiger partial charge is 0.322 e. The van der Waals surface area contributed by atoms with E-state index in [1.165, 1.54) is 36.4 Å². The molecule has 1 heterocycles. The summed E-state index contributed by atoms with van der Waals surface area (Å²) in [5.74, 6) is -1.48. The van der Waals surface area contributed by atoms with Crippen LogP contribution in [0.2, 0.25) is 0 Å². The summed E-state index contributed by atoms with van der Waals surface area (Å²) in [6.07, 6.45) is 0. The first-order chi connectivity index (χ1) is 14.1. The predicted molar refractivity (Wildman–Crippen MR) is 115 cm³/mol. The highest BCUT2D eigenvalue weighted by Gasteiger charge is 2.31. The van der Waals surface area contributed by atoms with E-state index in [-0.39, 0.29) is 22.1 Å². The Morgan fingerprint density at radius 2 is 1.67 bits per heavy atom. The van der Waals surface area contributed by atoms with Crippen molar-refractivity contribution in [2.24, 2.45) is 0 Å². The van der Waals surface area contributed by atoms with Gasteiger partial charge in [0.15, 0.2) is 0 Å². The molecule has 0 fully saturated rings. The Labute approximate surface area is 188 Å². The number of nitro benzene ring substituents is 1. The summed E-state index contributed by atoms with van der Waals surface area (Å²) >= 11 is 17.7. The van der Waals surface area contributed by atoms with Crippen LogP contribution >= 0.6 is 46.1 Å². The second-order valence-corrected chi connectivity index (χ2v) is 8.93. The summed E-state index contributed by atoms with van der Waals surface area (Å²) in [5.41, 5.74) is 0.817. The van der Waals surface area contributed by atoms with Gasteiger partial charge in [0.1, 0.15) is 5.01 Å². The number of alkyl halides is 3. The number of nitrogens with zero attached hydrogens (tertiary/aromatic N) is 3. The lowest BCUT2D eigenvalue weighted by atomic mass is 10.1. The molecule has 0 unspecified atom stereocenters. The van der Waals surface area contributed by atoms with Crippen LogP contribution in [0.15, 0.2) is 48.5 Å². The summed E-state index contributed by atoms with van der Waals surface area (Å²) in [5, 5.41) is 24.2. The minimum atomic E-state index is -2.19. The number of nitrogens with one attached hydrogen (secondary N) is 2. The summed E-state index contributed by atoms with van der Waals surface area (Å²) < 4.78 is -2.19. The van der Waals surface area contributed by atoms with Crippen molar-refractivity contribution in [3.63, 3.8) is 0 Å². The third kappa shape index (κ3) is 5.22. The van der Waals surface area contributed by atoms with Crippen molar-refractivity contribution in [2.75, 3.05) is 10.6 Å². The monoisotopic (exact) mass is 485 g/mol. The van der Waals surface area contributed by atoms with Gasteiger partial charge in [0, 0.05) is 17.7 Å². The number of anilines is 2. The number of amides is 2. The standard InChI is InChI=1S/C17H10Cl3N5O4S/c18-17(19,20)15(27)21-12-4-2-1-3-11(12)13(26)22-16-24-23-14(30-16)9-5-7-10(8-6-9)25(28)29/h1-8H,(H,21,27)(H,22,24,26). The maximum absolute atomic E-state index is 12.6. The lowest BCUT2D eigenvalue weighted by molar-refractivity contribution is -0.384. The maximum Gasteiger partial charge on any atom is 0.276 e. The summed E-state index contributed by atoms with van der Waals surface area (Å²) in [6.45, 7) is 0. The Bertz CT molecular complexity index is 1120. The van der Waals surface area contributed by atoms with Crippen molar-refractivity contribution in [3.05, 3.63) is 64.2 Å². The molecule has 0 saturated heterocycles. The lowest BCUT2D eigenvalue weighted by Gasteiger charge is -2.14. The normalized spacial score (nSPS) is 11.0. The van der Waals surface area contributed by atoms with Gasteiger partial charge in [-0.2, -0.15) is 0 Å². The van der Waals surface area contributed by atoms with Crippen LogP contribution in [0, 0.1) is 10.1 Å². The highest BCUT2D eigenvalue weighted by molar-refractivity contribution is 7.18. The Hall–Kier alpha value is -2.79. The molecule has 0 saturated carbocycles. The number of halogens is 3. The number of non-ortho nitro benzene ring substituents is 1. The van der Waals surface area contributed by atoms with E-state index >= 15 is 0 Å². The molecule has 0 aliphatic rings. The number of benzene rings is 2. The lowest BCUT2D eigenvalue weighted by Crippen LogP contribution is -2.28. The number of nitro groups is 1. The van der Waals surface area contributed by atoms with Gasteiger partial charge in [0.2, 0.25) is 5.13 Å². The van der Waals surface area contributed by atoms with Gasteiger partial charge in [-0.25, -0.2) is 0 Å². The second-order valence-electron chi connectivity index (χ2n) is 5.67. The molecule has 0 aliphatic heterocycles. The number of rotatable bonds is 5. The molecule has 30 heavy (non-hydrogen) atoms. The van der Waals surface area contributed by atoms with Crippen molar-refractivity contribution in [1.29, 1.82) is 0 Å². The molecular weight excluding hydrogens is 477 g/mol. The summed E-state index contributed by atoms with van der Waals surface area (Å²) in [4.78, 5) is 34.8. The summed E-state index contributed by atoms with van der Waals surface area (Å²) in [6, 6.07) is 11.9. The molecule has 2 amide bonds. The van der Waals surface area contributed by atoms with E-state index in [0.29, 0.717) is 10.6 Å². The Morgan fingerprint density at radius 1 is 1.00 bits per heavy atom. The van der Waals surface area contributed by atoms with Crippen molar-refractivity contribution in [3.8, 4) is 10.6 Å². The molecule has 0 radical (unpaired) electrons. The van der Waals surface area contributed by atoms with E-state index < -0.39 is 20.5 Å². The number of aromatic nitrogens is 2. The van der Waals surface area contributed by atoms with Gasteiger partial charge in [0.05, 0.1) is 16.2 Å². The first-order valence-corrected chi connectivity index (χ1v) is 9.97. The molecule has 154 valence electrons. The smallest absolute Gasteiger partial charge is 0.276 e. The van der Waals surface area contributed by atoms with Crippen LogP contribution in [0.1, 0.15) is 10.4 Å². The number of hydrogen-bond donors (Lipinski definition) is 2. The van der Waals surface area contributed by atoms with E-state index in [1.807, 2.05) is 0 Å². The molecule has 2 aromatic carbocycles. The molecule has 3 rings (SSSR count). The van der Waals surface area contributed by atoms with E-state index in [1.54, 1.807) is 12.1 Å². The minimum Gasteiger partial charge on any atom is -0.322 e. The van der Waals surface area contributed by atoms with Gasteiger partial charge < -0.3 is 5.32 Å². The number of carbonyl (C=O) groups is 2. The Balaban J connectivity index is 1.76. The topological polar surface area (TPSA) is 127 Å². The SMILES string of the molecule is O=C(Nc1nnc(-c2ccc([N+](=O)[O-])cc2)s1)c1ccccc1NC(=O)C(Cl)(Cl)Cl. The van der Waals surface area contributed by atoms with Crippen molar-refractivity contribution < 1.29 is 14.5 Å². The van der Waals surface area contributed by atoms with E-state index in [4.69, 9.17) is 34.8 Å². The van der Waals surface area contributed by atoms with Crippen molar-refractivity contribution in [2.45, 2.75) is 3.79 Å². The van der Waals surface area contributed by atoms with Gasteiger partial charge in [0.25, 0.3) is 21.3 Å². The third-order valence-corrected chi connectivity index (χ3v) is 5.05. The van der Waals surface area contributed by atoms with E-state index in [9.17, 15) is 19.7 Å². The highest BCUT2D eigenvalue weighted by atomic mass is 35.6. The first kappa shape index (κ1) is 21.9. The van der Waals surface area contributed by atoms with E-state index in [2.05, 4.69) is 20.8 Å². The average molecular weight is 487 g/mol. The zero-order valence-corrected chi connectivity index (χ0v) is 17.7. The quantitative estimate of drug-likeness (QED) is 0.306. The van der Waals surface area contributed by atoms with Gasteiger partial charge in [-0.3, -0.25) is 25.0 Å². The molecular formula is C17H10Cl3N5O4S. The third-order valence-electron chi connectivity index (χ3n) is 3.65. The fourth-order valence-corrected chi connectivity index (χ4v) is 3.15. The van der Waals surface area contributed by atoms with Crippen LogP contribution in [0.3, 0.4) is 0 Å². The molecule has 9 nitrogen and oxygen atoms in total. The Morgan fingerprint density at radius 3 is 2.30 bits per heavy atom. The highest BCUT2D eigenvalue weighted by Crippen LogP contribution is 2.30. The number of para-hydroxylation sites is 1. The van der Waals surface area contributed by atoms with Crippen LogP contribution in [-0.4, -0.2) is 30.7 Å².